The van der Waals surface area contributed by atoms with E-state index in [1.54, 1.807) is 0 Å². The summed E-state index contributed by atoms with van der Waals surface area (Å²) >= 11 is 5.49. The summed E-state index contributed by atoms with van der Waals surface area (Å²) in [6.07, 6.45) is -5.11. The summed E-state index contributed by atoms with van der Waals surface area (Å²) in [4.78, 5) is 10.7. The fourth-order valence-corrected chi connectivity index (χ4v) is 1.33. The predicted octanol–water partition coefficient (Wildman–Crippen LogP) is 2.14. The third-order valence-corrected chi connectivity index (χ3v) is 2.30. The Labute approximate surface area is 93.6 Å². The maximum absolute atomic E-state index is 12.6. The van der Waals surface area contributed by atoms with Crippen LogP contribution >= 0.6 is 11.6 Å². The van der Waals surface area contributed by atoms with Gasteiger partial charge in [0.15, 0.2) is 0 Å². The molecule has 3 nitrogen and oxygen atoms in total. The standard InChI is InChI=1S/C9H7ClF3NO2/c10-6-3-1-2-5(4-6)8(14,7(15)16)9(11,12)13/h1-4H,14H2,(H,15,16). The van der Waals surface area contributed by atoms with Crippen LogP contribution in [0.5, 0.6) is 0 Å². The van der Waals surface area contributed by atoms with E-state index in [1.807, 2.05) is 0 Å². The van der Waals surface area contributed by atoms with E-state index in [0.717, 1.165) is 12.1 Å². The lowest BCUT2D eigenvalue weighted by molar-refractivity contribution is -0.204. The number of halogens is 4. The first kappa shape index (κ1) is 12.8. The molecule has 0 aliphatic heterocycles. The Morgan fingerprint density at radius 3 is 2.31 bits per heavy atom. The molecular formula is C9H7ClF3NO2. The Balaban J connectivity index is 3.39. The smallest absolute Gasteiger partial charge is 0.421 e. The van der Waals surface area contributed by atoms with Crippen LogP contribution in [0.3, 0.4) is 0 Å². The molecule has 0 fully saturated rings. The number of aliphatic carboxylic acids is 1. The first-order valence-corrected chi connectivity index (χ1v) is 4.42. The average molecular weight is 254 g/mol. The van der Waals surface area contributed by atoms with E-state index in [2.05, 4.69) is 0 Å². The second-order valence-corrected chi connectivity index (χ2v) is 3.56. The van der Waals surface area contributed by atoms with E-state index in [1.165, 1.54) is 12.1 Å². The first-order chi connectivity index (χ1) is 7.19. The minimum atomic E-state index is -5.11. The van der Waals surface area contributed by atoms with E-state index in [4.69, 9.17) is 22.4 Å². The second kappa shape index (κ2) is 3.95. The number of carbonyl (C=O) groups is 1. The summed E-state index contributed by atoms with van der Waals surface area (Å²) in [7, 11) is 0. The van der Waals surface area contributed by atoms with E-state index in [0.29, 0.717) is 0 Å². The number of rotatable bonds is 2. The second-order valence-electron chi connectivity index (χ2n) is 3.12. The van der Waals surface area contributed by atoms with Crippen molar-refractivity contribution >= 4 is 17.6 Å². The minimum Gasteiger partial charge on any atom is -0.479 e. The molecular weight excluding hydrogens is 247 g/mol. The zero-order chi connectivity index (χ0) is 12.6. The zero-order valence-corrected chi connectivity index (χ0v) is 8.51. The van der Waals surface area contributed by atoms with Crippen molar-refractivity contribution in [1.82, 2.24) is 0 Å². The van der Waals surface area contributed by atoms with E-state index >= 15 is 0 Å². The number of hydrogen-bond donors (Lipinski definition) is 2. The molecule has 1 aromatic rings. The maximum atomic E-state index is 12.6. The molecule has 7 heteroatoms. The third-order valence-electron chi connectivity index (χ3n) is 2.06. The highest BCUT2D eigenvalue weighted by Crippen LogP contribution is 2.37. The monoisotopic (exact) mass is 253 g/mol. The Bertz CT molecular complexity index is 421. The molecule has 0 amide bonds. The van der Waals surface area contributed by atoms with Crippen molar-refractivity contribution in [3.8, 4) is 0 Å². The molecule has 0 saturated carbocycles. The molecule has 88 valence electrons. The molecule has 0 bridgehead atoms. The predicted molar refractivity (Wildman–Crippen MR) is 51.0 cm³/mol. The lowest BCUT2D eigenvalue weighted by Crippen LogP contribution is -2.56. The molecule has 3 N–H and O–H groups in total. The SMILES string of the molecule is NC(C(=O)O)(c1cccc(Cl)c1)C(F)(F)F. The molecule has 0 heterocycles. The van der Waals surface area contributed by atoms with Gasteiger partial charge in [-0.1, -0.05) is 23.7 Å². The van der Waals surface area contributed by atoms with Gasteiger partial charge in [-0.15, -0.1) is 0 Å². The quantitative estimate of drug-likeness (QED) is 0.849. The van der Waals surface area contributed by atoms with Gasteiger partial charge in [-0.3, -0.25) is 0 Å². The molecule has 1 unspecified atom stereocenters. The molecule has 1 rings (SSSR count). The van der Waals surface area contributed by atoms with Gasteiger partial charge in [0.05, 0.1) is 0 Å². The Morgan fingerprint density at radius 1 is 1.38 bits per heavy atom. The van der Waals surface area contributed by atoms with Gasteiger partial charge in [0, 0.05) is 5.02 Å². The number of nitrogens with two attached hydrogens (primary N) is 1. The largest absolute Gasteiger partial charge is 0.479 e. The summed E-state index contributed by atoms with van der Waals surface area (Å²) in [5.74, 6) is -2.18. The molecule has 0 aromatic heterocycles. The number of benzene rings is 1. The number of hydrogen-bond acceptors (Lipinski definition) is 2. The fraction of sp³-hybridized carbons (Fsp3) is 0.222. The molecule has 0 saturated heterocycles. The van der Waals surface area contributed by atoms with Crippen LogP contribution in [0.4, 0.5) is 13.2 Å². The van der Waals surface area contributed by atoms with Gasteiger partial charge in [0.25, 0.3) is 0 Å². The van der Waals surface area contributed by atoms with Crippen LogP contribution in [0.1, 0.15) is 5.56 Å². The highest BCUT2D eigenvalue weighted by Gasteiger charge is 2.59. The average Bonchev–Trinajstić information content (AvgIpc) is 2.14. The Morgan fingerprint density at radius 2 is 1.94 bits per heavy atom. The lowest BCUT2D eigenvalue weighted by Gasteiger charge is -2.27. The topological polar surface area (TPSA) is 63.3 Å². The zero-order valence-electron chi connectivity index (χ0n) is 7.75. The third kappa shape index (κ3) is 1.98. The van der Waals surface area contributed by atoms with Crippen LogP contribution < -0.4 is 5.73 Å². The van der Waals surface area contributed by atoms with Crippen molar-refractivity contribution in [3.63, 3.8) is 0 Å². The van der Waals surface area contributed by atoms with Crippen LogP contribution in [0.15, 0.2) is 24.3 Å². The van der Waals surface area contributed by atoms with Crippen LogP contribution in [0.25, 0.3) is 0 Å². The fourth-order valence-electron chi connectivity index (χ4n) is 1.14. The summed E-state index contributed by atoms with van der Waals surface area (Å²) in [6.45, 7) is 0. The van der Waals surface area contributed by atoms with E-state index in [9.17, 15) is 18.0 Å². The van der Waals surface area contributed by atoms with Gasteiger partial charge < -0.3 is 10.8 Å². The van der Waals surface area contributed by atoms with E-state index in [-0.39, 0.29) is 5.02 Å². The van der Waals surface area contributed by atoms with E-state index < -0.39 is 23.2 Å². The van der Waals surface area contributed by atoms with Crippen LogP contribution in [0, 0.1) is 0 Å². The highest BCUT2D eigenvalue weighted by atomic mass is 35.5. The van der Waals surface area contributed by atoms with Gasteiger partial charge in [-0.05, 0) is 17.7 Å². The first-order valence-electron chi connectivity index (χ1n) is 4.04. The van der Waals surface area contributed by atoms with Gasteiger partial charge in [0.2, 0.25) is 5.54 Å². The van der Waals surface area contributed by atoms with Crippen molar-refractivity contribution in [3.05, 3.63) is 34.9 Å². The molecule has 0 spiro atoms. The van der Waals surface area contributed by atoms with Crippen molar-refractivity contribution in [2.45, 2.75) is 11.7 Å². The molecule has 0 aliphatic rings. The highest BCUT2D eigenvalue weighted by molar-refractivity contribution is 6.30. The van der Waals surface area contributed by atoms with Crippen LogP contribution in [-0.4, -0.2) is 17.3 Å². The van der Waals surface area contributed by atoms with Gasteiger partial charge >= 0.3 is 12.1 Å². The molecule has 1 atom stereocenters. The normalized spacial score (nSPS) is 15.6. The lowest BCUT2D eigenvalue weighted by atomic mass is 9.90. The molecule has 0 aliphatic carbocycles. The number of alkyl halides is 3. The minimum absolute atomic E-state index is 0.0159. The Kier molecular flexibility index (Phi) is 3.16. The molecule has 0 radical (unpaired) electrons. The summed E-state index contributed by atoms with van der Waals surface area (Å²) < 4.78 is 37.9. The summed E-state index contributed by atoms with van der Waals surface area (Å²) in [5, 5.41) is 8.61. The van der Waals surface area contributed by atoms with Gasteiger partial charge in [0.1, 0.15) is 0 Å². The van der Waals surface area contributed by atoms with Gasteiger partial charge in [-0.25, -0.2) is 4.79 Å². The molecule has 16 heavy (non-hydrogen) atoms. The number of carboxylic acids is 1. The van der Waals surface area contributed by atoms with Crippen molar-refractivity contribution in [1.29, 1.82) is 0 Å². The summed E-state index contributed by atoms with van der Waals surface area (Å²) in [6, 6.07) is 4.37. The van der Waals surface area contributed by atoms with Crippen molar-refractivity contribution in [2.24, 2.45) is 5.73 Å². The van der Waals surface area contributed by atoms with Crippen molar-refractivity contribution < 1.29 is 23.1 Å². The summed E-state index contributed by atoms with van der Waals surface area (Å²) in [5.41, 5.74) is 0.867. The Hall–Kier alpha value is -1.27. The maximum Gasteiger partial charge on any atom is 0.421 e. The van der Waals surface area contributed by atoms with Gasteiger partial charge in [-0.2, -0.15) is 13.2 Å². The molecule has 1 aromatic carbocycles. The van der Waals surface area contributed by atoms with Crippen LogP contribution in [0.2, 0.25) is 5.02 Å². The van der Waals surface area contributed by atoms with Crippen molar-refractivity contribution in [2.75, 3.05) is 0 Å². The van der Waals surface area contributed by atoms with Crippen LogP contribution in [-0.2, 0) is 10.3 Å². The number of carboxylic acid groups (broad SMARTS) is 1.